The van der Waals surface area contributed by atoms with Crippen LogP contribution in [0.1, 0.15) is 18.4 Å². The van der Waals surface area contributed by atoms with Gasteiger partial charge in [-0.25, -0.2) is 4.79 Å². The Morgan fingerprint density at radius 2 is 2.19 bits per heavy atom. The average molecular weight is 214 g/mol. The molecule has 1 aromatic carbocycles. The Hall–Kier alpha value is -2.28. The number of carboxylic acid groups (broad SMARTS) is 1. The Labute approximate surface area is 92.3 Å². The second kappa shape index (κ2) is 3.70. The van der Waals surface area contributed by atoms with Gasteiger partial charge in [0.25, 0.3) is 0 Å². The van der Waals surface area contributed by atoms with E-state index < -0.39 is 6.09 Å². The molecule has 0 saturated carbocycles. The lowest BCUT2D eigenvalue weighted by atomic mass is 10.0. The second-order valence-electron chi connectivity index (χ2n) is 3.60. The summed E-state index contributed by atoms with van der Waals surface area (Å²) >= 11 is 0. The zero-order valence-corrected chi connectivity index (χ0v) is 8.71. The lowest BCUT2D eigenvalue weighted by Crippen LogP contribution is -2.05. The quantitative estimate of drug-likeness (QED) is 0.793. The fourth-order valence-electron chi connectivity index (χ4n) is 1.78. The molecular weight excluding hydrogens is 204 g/mol. The zero-order valence-electron chi connectivity index (χ0n) is 8.71. The van der Waals surface area contributed by atoms with Crippen LogP contribution in [0.3, 0.4) is 0 Å². The Balaban J connectivity index is 2.78. The van der Waals surface area contributed by atoms with E-state index in [4.69, 9.17) is 10.4 Å². The molecule has 4 nitrogen and oxygen atoms in total. The van der Waals surface area contributed by atoms with Gasteiger partial charge in [-0.2, -0.15) is 5.26 Å². The number of carbonyl (C=O) groups is 1. The average Bonchev–Trinajstić information content (AvgIpc) is 2.67. The normalized spacial score (nSPS) is 12.2. The lowest BCUT2D eigenvalue weighted by Gasteiger charge is -1.98. The molecule has 1 heterocycles. The molecule has 80 valence electrons. The summed E-state index contributed by atoms with van der Waals surface area (Å²) < 4.78 is 1.15. The Morgan fingerprint density at radius 1 is 1.50 bits per heavy atom. The van der Waals surface area contributed by atoms with Crippen LogP contribution in [-0.4, -0.2) is 15.8 Å². The van der Waals surface area contributed by atoms with E-state index in [1.54, 1.807) is 19.1 Å². The lowest BCUT2D eigenvalue weighted by molar-refractivity contribution is 0.197. The molecule has 1 atom stereocenters. The van der Waals surface area contributed by atoms with Crippen molar-refractivity contribution >= 4 is 17.0 Å². The summed E-state index contributed by atoms with van der Waals surface area (Å²) in [6, 6.07) is 9.30. The molecule has 1 unspecified atom stereocenters. The minimum atomic E-state index is -1.03. The first-order valence-electron chi connectivity index (χ1n) is 4.88. The summed E-state index contributed by atoms with van der Waals surface area (Å²) in [6.45, 7) is 1.76. The molecule has 0 aliphatic carbocycles. The van der Waals surface area contributed by atoms with Gasteiger partial charge in [0.2, 0.25) is 0 Å². The first-order chi connectivity index (χ1) is 7.65. The number of hydrogen-bond donors (Lipinski definition) is 1. The summed E-state index contributed by atoms with van der Waals surface area (Å²) in [5, 5.41) is 18.7. The van der Waals surface area contributed by atoms with Gasteiger partial charge < -0.3 is 5.11 Å². The fourth-order valence-corrected chi connectivity index (χ4v) is 1.78. The number of aromatic nitrogens is 1. The molecule has 16 heavy (non-hydrogen) atoms. The van der Waals surface area contributed by atoms with Crippen molar-refractivity contribution in [1.29, 1.82) is 5.26 Å². The maximum atomic E-state index is 11.0. The van der Waals surface area contributed by atoms with Crippen molar-refractivity contribution in [3.63, 3.8) is 0 Å². The van der Waals surface area contributed by atoms with Crippen molar-refractivity contribution in [1.82, 2.24) is 4.57 Å². The van der Waals surface area contributed by atoms with Crippen LogP contribution in [-0.2, 0) is 0 Å². The molecule has 0 bridgehead atoms. The van der Waals surface area contributed by atoms with Crippen molar-refractivity contribution in [3.8, 4) is 6.07 Å². The summed E-state index contributed by atoms with van der Waals surface area (Å²) in [6.07, 6.45) is 0.480. The van der Waals surface area contributed by atoms with Gasteiger partial charge in [-0.1, -0.05) is 18.2 Å². The molecule has 0 aliphatic heterocycles. The molecule has 0 aliphatic rings. The molecule has 0 amide bonds. The van der Waals surface area contributed by atoms with E-state index in [2.05, 4.69) is 6.07 Å². The Kier molecular flexibility index (Phi) is 2.37. The van der Waals surface area contributed by atoms with E-state index in [1.165, 1.54) is 6.20 Å². The fraction of sp³-hybridized carbons (Fsp3) is 0.167. The smallest absolute Gasteiger partial charge is 0.416 e. The van der Waals surface area contributed by atoms with Crippen molar-refractivity contribution in [2.75, 3.05) is 0 Å². The van der Waals surface area contributed by atoms with Crippen LogP contribution in [0, 0.1) is 11.3 Å². The van der Waals surface area contributed by atoms with Gasteiger partial charge in [-0.15, -0.1) is 0 Å². The van der Waals surface area contributed by atoms with E-state index in [-0.39, 0.29) is 5.92 Å². The number of nitriles is 1. The number of nitrogens with zero attached hydrogens (tertiary/aromatic N) is 2. The number of benzene rings is 1. The highest BCUT2D eigenvalue weighted by Gasteiger charge is 2.15. The summed E-state index contributed by atoms with van der Waals surface area (Å²) in [5.74, 6) is -0.314. The second-order valence-corrected chi connectivity index (χ2v) is 3.60. The highest BCUT2D eigenvalue weighted by molar-refractivity contribution is 5.91. The molecule has 0 radical (unpaired) electrons. The SMILES string of the molecule is CC(C#N)c1cn(C(=O)O)c2ccccc12. The number of hydrogen-bond acceptors (Lipinski definition) is 2. The predicted molar refractivity (Wildman–Crippen MR) is 59.4 cm³/mol. The van der Waals surface area contributed by atoms with Crippen LogP contribution in [0.15, 0.2) is 30.5 Å². The van der Waals surface area contributed by atoms with Crippen molar-refractivity contribution in [2.24, 2.45) is 0 Å². The van der Waals surface area contributed by atoms with Gasteiger partial charge in [-0.05, 0) is 18.6 Å². The maximum Gasteiger partial charge on any atom is 0.416 e. The third kappa shape index (κ3) is 1.43. The third-order valence-corrected chi connectivity index (χ3v) is 2.61. The molecule has 0 fully saturated rings. The van der Waals surface area contributed by atoms with Gasteiger partial charge in [0.15, 0.2) is 0 Å². The van der Waals surface area contributed by atoms with Crippen LogP contribution in [0.2, 0.25) is 0 Å². The van der Waals surface area contributed by atoms with E-state index in [1.807, 2.05) is 12.1 Å². The topological polar surface area (TPSA) is 66.0 Å². The minimum absolute atomic E-state index is 0.314. The van der Waals surface area contributed by atoms with Crippen molar-refractivity contribution in [3.05, 3.63) is 36.0 Å². The van der Waals surface area contributed by atoms with E-state index in [0.717, 1.165) is 15.5 Å². The zero-order chi connectivity index (χ0) is 11.7. The first kappa shape index (κ1) is 10.2. The first-order valence-corrected chi connectivity index (χ1v) is 4.88. The van der Waals surface area contributed by atoms with E-state index >= 15 is 0 Å². The summed E-state index contributed by atoms with van der Waals surface area (Å²) in [7, 11) is 0. The van der Waals surface area contributed by atoms with E-state index in [9.17, 15) is 4.79 Å². The van der Waals surface area contributed by atoms with Gasteiger partial charge in [0.1, 0.15) is 0 Å². The van der Waals surface area contributed by atoms with Crippen LogP contribution < -0.4 is 0 Å². The van der Waals surface area contributed by atoms with Gasteiger partial charge in [0, 0.05) is 11.6 Å². The van der Waals surface area contributed by atoms with Crippen LogP contribution in [0.5, 0.6) is 0 Å². The molecule has 1 N–H and O–H groups in total. The van der Waals surface area contributed by atoms with Gasteiger partial charge in [-0.3, -0.25) is 4.57 Å². The Bertz CT molecular complexity index is 593. The number of rotatable bonds is 1. The van der Waals surface area contributed by atoms with E-state index in [0.29, 0.717) is 5.52 Å². The standard InChI is InChI=1S/C12H10N2O2/c1-8(6-13)10-7-14(12(15)16)11-5-3-2-4-9(10)11/h2-5,7-8H,1H3,(H,15,16). The molecule has 2 rings (SSSR count). The molecule has 4 heteroatoms. The summed E-state index contributed by atoms with van der Waals surface area (Å²) in [5.41, 5.74) is 1.37. The van der Waals surface area contributed by atoms with Crippen LogP contribution in [0.4, 0.5) is 4.79 Å². The molecule has 1 aromatic heterocycles. The highest BCUT2D eigenvalue weighted by Crippen LogP contribution is 2.27. The Morgan fingerprint density at radius 3 is 2.81 bits per heavy atom. The van der Waals surface area contributed by atoms with Crippen molar-refractivity contribution in [2.45, 2.75) is 12.8 Å². The van der Waals surface area contributed by atoms with Gasteiger partial charge in [0.05, 0.1) is 17.5 Å². The maximum absolute atomic E-state index is 11.0. The molecule has 0 saturated heterocycles. The third-order valence-electron chi connectivity index (χ3n) is 2.61. The summed E-state index contributed by atoms with van der Waals surface area (Å²) in [4.78, 5) is 11.0. The predicted octanol–water partition coefficient (Wildman–Crippen LogP) is 2.79. The number of para-hydroxylation sites is 1. The van der Waals surface area contributed by atoms with Crippen molar-refractivity contribution < 1.29 is 9.90 Å². The molecule has 0 spiro atoms. The minimum Gasteiger partial charge on any atom is -0.464 e. The van der Waals surface area contributed by atoms with Crippen LogP contribution in [0.25, 0.3) is 10.9 Å². The molecular formula is C12H10N2O2. The van der Waals surface area contributed by atoms with Crippen LogP contribution >= 0.6 is 0 Å². The van der Waals surface area contributed by atoms with Gasteiger partial charge >= 0.3 is 6.09 Å². The monoisotopic (exact) mass is 214 g/mol. The largest absolute Gasteiger partial charge is 0.464 e. The molecule has 2 aromatic rings. The highest BCUT2D eigenvalue weighted by atomic mass is 16.4. The number of fused-ring (bicyclic) bond motifs is 1.